The number of aryl methyl sites for hydroxylation is 1. The number of hydrogen-bond acceptors (Lipinski definition) is 5. The van der Waals surface area contributed by atoms with Crippen molar-refractivity contribution in [2.24, 2.45) is 7.05 Å². The largest absolute Gasteiger partial charge is 0.348 e. The minimum Gasteiger partial charge on any atom is -0.348 e. The van der Waals surface area contributed by atoms with Crippen LogP contribution in [-0.2, 0) is 21.7 Å². The average Bonchev–Trinajstić information content (AvgIpc) is 3.07. The Morgan fingerprint density at radius 3 is 2.39 bits per heavy atom. The second kappa shape index (κ2) is 5.05. The van der Waals surface area contributed by atoms with Gasteiger partial charge < -0.3 is 9.47 Å². The molecule has 0 bridgehead atoms. The molecule has 0 fully saturated rings. The van der Waals surface area contributed by atoms with Gasteiger partial charge in [0.25, 0.3) is 5.16 Å². The van der Waals surface area contributed by atoms with Crippen molar-refractivity contribution in [2.45, 2.75) is 17.3 Å². The molecule has 0 radical (unpaired) electrons. The van der Waals surface area contributed by atoms with E-state index in [2.05, 4.69) is 10.2 Å². The summed E-state index contributed by atoms with van der Waals surface area (Å²) in [6.07, 6.45) is 0. The average molecular weight is 335 g/mol. The molecular formula is C14H17N5O3S. The Hall–Kier alpha value is -2.42. The second-order valence-corrected chi connectivity index (χ2v) is 7.75. The minimum atomic E-state index is -3.96. The molecule has 0 aliphatic rings. The second-order valence-electron chi connectivity index (χ2n) is 5.59. The van der Waals surface area contributed by atoms with Crippen molar-refractivity contribution >= 4 is 32.6 Å². The zero-order chi connectivity index (χ0) is 16.9. The fraction of sp³-hybridized carbons (Fsp3) is 0.357. The molecule has 8 nitrogen and oxygen atoms in total. The summed E-state index contributed by atoms with van der Waals surface area (Å²) in [5.74, 6) is -0.0868. The topological polar surface area (TPSA) is 89.6 Å². The lowest BCUT2D eigenvalue weighted by molar-refractivity contribution is -0.127. The van der Waals surface area contributed by atoms with Crippen LogP contribution in [0.2, 0.25) is 0 Å². The highest BCUT2D eigenvalue weighted by molar-refractivity contribution is 7.92. The van der Waals surface area contributed by atoms with E-state index in [-0.39, 0.29) is 5.16 Å². The molecule has 1 atom stereocenters. The third kappa shape index (κ3) is 2.11. The third-order valence-corrected chi connectivity index (χ3v) is 5.81. The number of aromatic nitrogens is 4. The Kier molecular flexibility index (Phi) is 3.40. The van der Waals surface area contributed by atoms with Crippen molar-refractivity contribution in [3.8, 4) is 0 Å². The Balaban J connectivity index is 2.29. The molecule has 9 heteroatoms. The first-order valence-corrected chi connectivity index (χ1v) is 8.55. The van der Waals surface area contributed by atoms with E-state index in [1.165, 1.54) is 30.3 Å². The predicted octanol–water partition coefficient (Wildman–Crippen LogP) is 0.471. The van der Waals surface area contributed by atoms with Crippen molar-refractivity contribution in [1.29, 1.82) is 0 Å². The van der Waals surface area contributed by atoms with Crippen LogP contribution in [0.5, 0.6) is 0 Å². The minimum absolute atomic E-state index is 0.216. The molecule has 2 heterocycles. The molecule has 0 saturated carbocycles. The zero-order valence-corrected chi connectivity index (χ0v) is 14.1. The highest BCUT2D eigenvalue weighted by atomic mass is 32.2. The number of sulfone groups is 1. The first kappa shape index (κ1) is 15.5. The van der Waals surface area contributed by atoms with Gasteiger partial charge in [-0.1, -0.05) is 12.1 Å². The predicted molar refractivity (Wildman–Crippen MR) is 84.8 cm³/mol. The van der Waals surface area contributed by atoms with Gasteiger partial charge >= 0.3 is 0 Å². The Morgan fingerprint density at radius 2 is 1.78 bits per heavy atom. The molecule has 3 aromatic rings. The fourth-order valence-electron chi connectivity index (χ4n) is 2.57. The smallest absolute Gasteiger partial charge is 0.256 e. The summed E-state index contributed by atoms with van der Waals surface area (Å²) < 4.78 is 28.9. The van der Waals surface area contributed by atoms with Gasteiger partial charge in [-0.2, -0.15) is 0 Å². The summed E-state index contributed by atoms with van der Waals surface area (Å²) in [5, 5.41) is 6.37. The summed E-state index contributed by atoms with van der Waals surface area (Å²) in [6.45, 7) is 1.36. The molecule has 122 valence electrons. The first-order valence-electron chi connectivity index (χ1n) is 7.00. The van der Waals surface area contributed by atoms with Crippen LogP contribution in [0, 0.1) is 0 Å². The number of imidazole rings is 1. The maximum absolute atomic E-state index is 12.8. The number of carbonyl (C=O) groups is 1. The van der Waals surface area contributed by atoms with Gasteiger partial charge in [0.2, 0.25) is 21.5 Å². The first-order chi connectivity index (χ1) is 10.8. The molecule has 0 saturated heterocycles. The quantitative estimate of drug-likeness (QED) is 0.694. The van der Waals surface area contributed by atoms with Gasteiger partial charge in [0.1, 0.15) is 5.25 Å². The van der Waals surface area contributed by atoms with Gasteiger partial charge in [-0.25, -0.2) is 12.8 Å². The van der Waals surface area contributed by atoms with Crippen LogP contribution < -0.4 is 0 Å². The van der Waals surface area contributed by atoms with Gasteiger partial charge in [-0.05, 0) is 19.1 Å². The van der Waals surface area contributed by atoms with E-state index in [9.17, 15) is 13.2 Å². The third-order valence-electron chi connectivity index (χ3n) is 3.91. The van der Waals surface area contributed by atoms with E-state index >= 15 is 0 Å². The Bertz CT molecular complexity index is 1020. The van der Waals surface area contributed by atoms with Crippen LogP contribution in [0.4, 0.5) is 0 Å². The van der Waals surface area contributed by atoms with Crippen molar-refractivity contribution in [2.75, 3.05) is 14.1 Å². The number of benzene rings is 1. The Morgan fingerprint density at radius 1 is 1.17 bits per heavy atom. The van der Waals surface area contributed by atoms with Crippen molar-refractivity contribution in [3.63, 3.8) is 0 Å². The number of nitrogens with zero attached hydrogens (tertiary/aromatic N) is 5. The van der Waals surface area contributed by atoms with E-state index in [1.54, 1.807) is 17.7 Å². The highest BCUT2D eigenvalue weighted by Gasteiger charge is 2.35. The van der Waals surface area contributed by atoms with Crippen LogP contribution in [0.1, 0.15) is 6.92 Å². The van der Waals surface area contributed by atoms with Crippen molar-refractivity contribution in [1.82, 2.24) is 24.1 Å². The molecule has 1 aromatic carbocycles. The summed E-state index contributed by atoms with van der Waals surface area (Å²) in [6, 6.07) is 7.34. The lowest BCUT2D eigenvalue weighted by Gasteiger charge is -2.16. The number of fused-ring (bicyclic) bond motifs is 3. The maximum atomic E-state index is 12.8. The van der Waals surface area contributed by atoms with Crippen LogP contribution in [0.25, 0.3) is 16.8 Å². The van der Waals surface area contributed by atoms with Crippen molar-refractivity contribution in [3.05, 3.63) is 24.3 Å². The van der Waals surface area contributed by atoms with Gasteiger partial charge in [0, 0.05) is 21.1 Å². The number of rotatable bonds is 3. The lowest BCUT2D eigenvalue weighted by Crippen LogP contribution is -2.37. The Labute approximate surface area is 133 Å². The summed E-state index contributed by atoms with van der Waals surface area (Å²) in [4.78, 5) is 13.3. The van der Waals surface area contributed by atoms with E-state index in [1.807, 2.05) is 18.2 Å². The van der Waals surface area contributed by atoms with E-state index < -0.39 is 21.0 Å². The molecule has 0 aliphatic carbocycles. The normalized spacial score (nSPS) is 13.6. The zero-order valence-electron chi connectivity index (χ0n) is 13.3. The molecule has 3 rings (SSSR count). The lowest BCUT2D eigenvalue weighted by atomic mass is 10.3. The van der Waals surface area contributed by atoms with Gasteiger partial charge in [-0.15, -0.1) is 10.2 Å². The molecule has 0 spiro atoms. The number of amides is 1. The van der Waals surface area contributed by atoms with E-state index in [0.717, 1.165) is 5.52 Å². The van der Waals surface area contributed by atoms with Crippen LogP contribution in [0.3, 0.4) is 0 Å². The molecule has 23 heavy (non-hydrogen) atoms. The molecular weight excluding hydrogens is 318 g/mol. The molecule has 0 unspecified atom stereocenters. The van der Waals surface area contributed by atoms with Crippen molar-refractivity contribution < 1.29 is 13.2 Å². The fourth-order valence-corrected chi connectivity index (χ4v) is 3.96. The van der Waals surface area contributed by atoms with E-state index in [4.69, 9.17) is 0 Å². The van der Waals surface area contributed by atoms with Gasteiger partial charge in [-0.3, -0.25) is 4.79 Å². The number of hydrogen-bond donors (Lipinski definition) is 0. The highest BCUT2D eigenvalue weighted by Crippen LogP contribution is 2.24. The molecule has 2 aromatic heterocycles. The monoisotopic (exact) mass is 335 g/mol. The molecule has 1 amide bonds. The maximum Gasteiger partial charge on any atom is 0.256 e. The SMILES string of the molecule is C[C@@H](C(=O)N(C)C)S(=O)(=O)c1nnc2n(C)c3ccccc3n12. The van der Waals surface area contributed by atoms with E-state index in [0.29, 0.717) is 11.3 Å². The summed E-state index contributed by atoms with van der Waals surface area (Å²) in [5.41, 5.74) is 1.51. The number of para-hydroxylation sites is 2. The van der Waals surface area contributed by atoms with Gasteiger partial charge in [0.05, 0.1) is 11.0 Å². The summed E-state index contributed by atoms with van der Waals surface area (Å²) in [7, 11) is 0.868. The van der Waals surface area contributed by atoms with Crippen LogP contribution in [-0.4, -0.2) is 57.7 Å². The molecule has 0 aliphatic heterocycles. The standard InChI is InChI=1S/C14H17N5O3S/c1-9(12(20)17(2)3)23(21,22)14-16-15-13-18(4)10-7-5-6-8-11(10)19(13)14/h5-9H,1-4H3/t9-/m0/s1. The summed E-state index contributed by atoms with van der Waals surface area (Å²) >= 11 is 0. The van der Waals surface area contributed by atoms with Crippen LogP contribution in [0.15, 0.2) is 29.4 Å². The van der Waals surface area contributed by atoms with Gasteiger partial charge in [0.15, 0.2) is 0 Å². The van der Waals surface area contributed by atoms with Crippen LogP contribution >= 0.6 is 0 Å². The molecule has 0 N–H and O–H groups in total. The number of carbonyl (C=O) groups excluding carboxylic acids is 1.